The van der Waals surface area contributed by atoms with Gasteiger partial charge in [0.25, 0.3) is 0 Å². The maximum absolute atomic E-state index is 12.2. The second-order valence-corrected chi connectivity index (χ2v) is 9.61. The van der Waals surface area contributed by atoms with Crippen molar-refractivity contribution in [3.05, 3.63) is 11.1 Å². The number of nitrogen functional groups attached to an aromatic ring is 1. The predicted octanol–water partition coefficient (Wildman–Crippen LogP) is 0.766. The lowest BCUT2D eigenvalue weighted by molar-refractivity contribution is -0.160. The van der Waals surface area contributed by atoms with Gasteiger partial charge in [-0.25, -0.2) is 23.0 Å². The molecule has 12 heteroatoms. The zero-order valence-corrected chi connectivity index (χ0v) is 17.2. The van der Waals surface area contributed by atoms with E-state index in [-0.39, 0.29) is 34.6 Å². The van der Waals surface area contributed by atoms with E-state index >= 15 is 0 Å². The molecule has 1 aromatic rings. The quantitative estimate of drug-likeness (QED) is 0.347. The fourth-order valence-corrected chi connectivity index (χ4v) is 2.75. The van der Waals surface area contributed by atoms with Crippen LogP contribution in [0.1, 0.15) is 33.4 Å². The molecule has 0 saturated carbocycles. The highest BCUT2D eigenvalue weighted by molar-refractivity contribution is 7.91. The third kappa shape index (κ3) is 8.82. The number of carbonyl (C=O) groups excluding carboxylic acids is 2. The van der Waals surface area contributed by atoms with Crippen LogP contribution in [0.4, 0.5) is 5.13 Å². The Labute approximate surface area is 161 Å². The highest BCUT2D eigenvalue weighted by Gasteiger charge is 2.22. The minimum absolute atomic E-state index is 0.0624. The Balaban J connectivity index is 2.79. The van der Waals surface area contributed by atoms with Gasteiger partial charge in [-0.2, -0.15) is 0 Å². The third-order valence-corrected chi connectivity index (χ3v) is 5.13. The van der Waals surface area contributed by atoms with Crippen molar-refractivity contribution in [2.45, 2.75) is 33.3 Å². The van der Waals surface area contributed by atoms with Crippen molar-refractivity contribution in [1.82, 2.24) is 4.98 Å². The highest BCUT2D eigenvalue weighted by Crippen LogP contribution is 2.13. The fraction of sp³-hybridized carbons (Fsp3) is 0.600. The van der Waals surface area contributed by atoms with Crippen LogP contribution in [0.2, 0.25) is 0 Å². The van der Waals surface area contributed by atoms with Gasteiger partial charge in [0.1, 0.15) is 17.9 Å². The lowest BCUT2D eigenvalue weighted by atomic mass is 10.2. The van der Waals surface area contributed by atoms with Crippen LogP contribution in [-0.4, -0.2) is 61.4 Å². The van der Waals surface area contributed by atoms with Crippen LogP contribution < -0.4 is 5.73 Å². The van der Waals surface area contributed by atoms with Crippen molar-refractivity contribution in [2.24, 2.45) is 5.16 Å². The number of nitrogens with two attached hydrogens (primary N) is 1. The average molecular weight is 421 g/mol. The van der Waals surface area contributed by atoms with E-state index in [0.29, 0.717) is 0 Å². The molecule has 0 fully saturated rings. The summed E-state index contributed by atoms with van der Waals surface area (Å²) in [6.07, 6.45) is 0. The maximum Gasteiger partial charge on any atom is 0.362 e. The monoisotopic (exact) mass is 421 g/mol. The van der Waals surface area contributed by atoms with Gasteiger partial charge in [0, 0.05) is 11.1 Å². The number of hydrogen-bond acceptors (Lipinski definition) is 11. The molecule has 0 aliphatic carbocycles. The molecule has 0 radical (unpaired) electrons. The van der Waals surface area contributed by atoms with Crippen molar-refractivity contribution in [3.63, 3.8) is 0 Å². The molecule has 1 aromatic heterocycles. The Morgan fingerprint density at radius 2 is 2.00 bits per heavy atom. The van der Waals surface area contributed by atoms with Crippen LogP contribution in [0.3, 0.4) is 0 Å². The Morgan fingerprint density at radius 1 is 1.33 bits per heavy atom. The van der Waals surface area contributed by atoms with Gasteiger partial charge >= 0.3 is 11.9 Å². The van der Waals surface area contributed by atoms with Gasteiger partial charge in [0.05, 0.1) is 5.75 Å². The normalized spacial score (nSPS) is 12.5. The van der Waals surface area contributed by atoms with E-state index in [1.54, 1.807) is 20.8 Å². The van der Waals surface area contributed by atoms with Crippen LogP contribution in [0.25, 0.3) is 0 Å². The molecule has 10 nitrogen and oxygen atoms in total. The number of carbonyl (C=O) groups is 2. The predicted molar refractivity (Wildman–Crippen MR) is 100 cm³/mol. The largest absolute Gasteiger partial charge is 0.460 e. The van der Waals surface area contributed by atoms with Gasteiger partial charge in [-0.15, -0.1) is 11.3 Å². The molecule has 0 unspecified atom stereocenters. The number of esters is 2. The van der Waals surface area contributed by atoms with E-state index in [9.17, 15) is 18.0 Å². The second kappa shape index (κ2) is 9.65. The van der Waals surface area contributed by atoms with Crippen LogP contribution in [-0.2, 0) is 33.7 Å². The smallest absolute Gasteiger partial charge is 0.362 e. The summed E-state index contributed by atoms with van der Waals surface area (Å²) in [4.78, 5) is 32.6. The molecule has 0 atom stereocenters. The van der Waals surface area contributed by atoms with Gasteiger partial charge in [0.15, 0.2) is 15.0 Å². The number of nitrogens with zero attached hydrogens (tertiary/aromatic N) is 2. The number of rotatable bonds is 9. The number of thiazole rings is 1. The van der Waals surface area contributed by atoms with Crippen molar-refractivity contribution < 1.29 is 32.3 Å². The topological polar surface area (TPSA) is 147 Å². The molecule has 0 spiro atoms. The van der Waals surface area contributed by atoms with Crippen LogP contribution in [0.5, 0.6) is 0 Å². The first-order valence-electron chi connectivity index (χ1n) is 7.94. The van der Waals surface area contributed by atoms with Gasteiger partial charge in [-0.05, 0) is 20.8 Å². The fourth-order valence-electron chi connectivity index (χ4n) is 1.58. The summed E-state index contributed by atoms with van der Waals surface area (Å²) in [6.45, 7) is 5.70. The van der Waals surface area contributed by atoms with Gasteiger partial charge in [-0.3, -0.25) is 0 Å². The van der Waals surface area contributed by atoms with Gasteiger partial charge in [-0.1, -0.05) is 12.1 Å². The highest BCUT2D eigenvalue weighted by atomic mass is 32.2. The summed E-state index contributed by atoms with van der Waals surface area (Å²) < 4.78 is 32.9. The molecular weight excluding hydrogens is 398 g/mol. The van der Waals surface area contributed by atoms with Crippen molar-refractivity contribution in [2.75, 3.05) is 30.5 Å². The van der Waals surface area contributed by atoms with Crippen LogP contribution in [0, 0.1) is 0 Å². The number of aromatic nitrogens is 1. The summed E-state index contributed by atoms with van der Waals surface area (Å²) in [5, 5.41) is 5.23. The van der Waals surface area contributed by atoms with Crippen molar-refractivity contribution in [1.29, 1.82) is 0 Å². The van der Waals surface area contributed by atoms with Crippen LogP contribution >= 0.6 is 11.3 Å². The first-order chi connectivity index (χ1) is 12.4. The van der Waals surface area contributed by atoms with E-state index in [2.05, 4.69) is 10.1 Å². The lowest BCUT2D eigenvalue weighted by Gasteiger charge is -2.18. The number of ether oxygens (including phenoxy) is 2. The van der Waals surface area contributed by atoms with Crippen molar-refractivity contribution >= 4 is 44.0 Å². The molecule has 1 rings (SSSR count). The number of hydrogen-bond donors (Lipinski definition) is 1. The molecule has 1 heterocycles. The Kier molecular flexibility index (Phi) is 8.16. The number of sulfone groups is 1. The minimum atomic E-state index is -3.29. The molecule has 0 aromatic carbocycles. The van der Waals surface area contributed by atoms with Crippen molar-refractivity contribution in [3.8, 4) is 0 Å². The van der Waals surface area contributed by atoms with E-state index in [1.807, 2.05) is 0 Å². The summed E-state index contributed by atoms with van der Waals surface area (Å²) in [7, 11) is -3.29. The summed E-state index contributed by atoms with van der Waals surface area (Å²) in [5.41, 5.74) is 4.60. The van der Waals surface area contributed by atoms with E-state index < -0.39 is 34.0 Å². The molecule has 0 aliphatic rings. The number of anilines is 1. The number of oxime groups is 1. The average Bonchev–Trinajstić information content (AvgIpc) is 2.95. The molecule has 2 N–H and O–H groups in total. The lowest BCUT2D eigenvalue weighted by Crippen LogP contribution is -2.27. The SMILES string of the molecule is CCS(=O)(=O)CCOC(=O)/C(=N/OCC(=O)OC(C)(C)C)c1csc(N)n1. The molecule has 0 bridgehead atoms. The standard InChI is InChI=1S/C15H23N3O7S2/c1-5-27(21,22)7-6-23-13(20)12(10-9-26-14(16)17-10)18-24-8-11(19)25-15(2,3)4/h9H,5-8H2,1-4H3,(H2,16,17)/b18-12+. The maximum atomic E-state index is 12.2. The molecule has 0 saturated heterocycles. The molecule has 27 heavy (non-hydrogen) atoms. The van der Waals surface area contributed by atoms with E-state index in [1.165, 1.54) is 12.3 Å². The first-order valence-corrected chi connectivity index (χ1v) is 10.6. The molecule has 0 amide bonds. The molecule has 0 aliphatic heterocycles. The molecular formula is C15H23N3O7S2. The Hall–Kier alpha value is -2.21. The summed E-state index contributed by atoms with van der Waals surface area (Å²) >= 11 is 1.06. The minimum Gasteiger partial charge on any atom is -0.460 e. The second-order valence-electron chi connectivity index (χ2n) is 6.24. The third-order valence-electron chi connectivity index (χ3n) is 2.78. The first kappa shape index (κ1) is 22.8. The van der Waals surface area contributed by atoms with E-state index in [4.69, 9.17) is 20.0 Å². The molecule has 152 valence electrons. The summed E-state index contributed by atoms with van der Waals surface area (Å²) in [5.74, 6) is -2.00. The zero-order valence-electron chi connectivity index (χ0n) is 15.6. The summed E-state index contributed by atoms with van der Waals surface area (Å²) in [6, 6.07) is 0. The van der Waals surface area contributed by atoms with Gasteiger partial charge in [0.2, 0.25) is 12.3 Å². The Bertz CT molecular complexity index is 795. The van der Waals surface area contributed by atoms with Crippen LogP contribution in [0.15, 0.2) is 10.5 Å². The van der Waals surface area contributed by atoms with Gasteiger partial charge < -0.3 is 20.0 Å². The zero-order chi connectivity index (χ0) is 20.7. The Morgan fingerprint density at radius 3 is 2.52 bits per heavy atom. The van der Waals surface area contributed by atoms with E-state index in [0.717, 1.165) is 11.3 Å².